The Morgan fingerprint density at radius 2 is 2.14 bits per heavy atom. The minimum Gasteiger partial charge on any atom is -0.396 e. The summed E-state index contributed by atoms with van der Waals surface area (Å²) in [6.07, 6.45) is 1.86. The Bertz CT molecular complexity index is 521. The van der Waals surface area contributed by atoms with Crippen LogP contribution in [-0.4, -0.2) is 48.1 Å². The highest BCUT2D eigenvalue weighted by Crippen LogP contribution is 2.15. The average molecular weight is 402 g/mol. The molecule has 6 heteroatoms. The maximum absolute atomic E-state index is 12.1. The number of piperidine rings is 1. The van der Waals surface area contributed by atoms with Gasteiger partial charge in [0.2, 0.25) is 5.91 Å². The van der Waals surface area contributed by atoms with Crippen LogP contribution in [0, 0.1) is 9.49 Å². The third-order valence-electron chi connectivity index (χ3n) is 3.65. The minimum atomic E-state index is -0.232. The first-order valence-corrected chi connectivity index (χ1v) is 8.11. The van der Waals surface area contributed by atoms with Crippen molar-refractivity contribution in [3.8, 4) is 0 Å². The molecule has 0 radical (unpaired) electrons. The summed E-state index contributed by atoms with van der Waals surface area (Å²) in [6.45, 7) is 1.39. The van der Waals surface area contributed by atoms with Crippen LogP contribution in [0.4, 0.5) is 0 Å². The van der Waals surface area contributed by atoms with Gasteiger partial charge in [-0.15, -0.1) is 0 Å². The van der Waals surface area contributed by atoms with E-state index in [1.54, 1.807) is 17.0 Å². The summed E-state index contributed by atoms with van der Waals surface area (Å²) in [5, 5.41) is 11.9. The van der Waals surface area contributed by atoms with Gasteiger partial charge in [-0.3, -0.25) is 9.59 Å². The average Bonchev–Trinajstić information content (AvgIpc) is 2.52. The normalized spacial score (nSPS) is 18.4. The third-order valence-corrected chi connectivity index (χ3v) is 4.59. The fourth-order valence-corrected chi connectivity index (χ4v) is 3.08. The molecule has 0 saturated carbocycles. The van der Waals surface area contributed by atoms with Crippen LogP contribution in [-0.2, 0) is 4.79 Å². The number of likely N-dealkylation sites (tertiary alicyclic amines) is 1. The number of rotatable bonds is 4. The van der Waals surface area contributed by atoms with Crippen molar-refractivity contribution in [2.24, 2.45) is 5.92 Å². The van der Waals surface area contributed by atoms with Crippen molar-refractivity contribution in [1.29, 1.82) is 0 Å². The predicted molar refractivity (Wildman–Crippen MR) is 87.9 cm³/mol. The maximum atomic E-state index is 12.1. The highest BCUT2D eigenvalue weighted by Gasteiger charge is 2.23. The first kappa shape index (κ1) is 16.2. The molecule has 1 aliphatic heterocycles. The van der Waals surface area contributed by atoms with E-state index in [2.05, 4.69) is 27.9 Å². The van der Waals surface area contributed by atoms with Crippen molar-refractivity contribution >= 4 is 34.4 Å². The molecule has 5 nitrogen and oxygen atoms in total. The van der Waals surface area contributed by atoms with E-state index in [4.69, 9.17) is 0 Å². The largest absolute Gasteiger partial charge is 0.396 e. The molecule has 2 amide bonds. The van der Waals surface area contributed by atoms with Crippen LogP contribution in [0.3, 0.4) is 0 Å². The molecule has 21 heavy (non-hydrogen) atoms. The lowest BCUT2D eigenvalue weighted by Crippen LogP contribution is -2.45. The summed E-state index contributed by atoms with van der Waals surface area (Å²) in [5.74, 6) is -0.162. The number of benzene rings is 1. The van der Waals surface area contributed by atoms with E-state index < -0.39 is 0 Å². The van der Waals surface area contributed by atoms with Gasteiger partial charge >= 0.3 is 0 Å². The topological polar surface area (TPSA) is 69.6 Å². The zero-order valence-electron chi connectivity index (χ0n) is 11.7. The Morgan fingerprint density at radius 1 is 1.38 bits per heavy atom. The maximum Gasteiger partial charge on any atom is 0.252 e. The smallest absolute Gasteiger partial charge is 0.252 e. The fraction of sp³-hybridized carbons (Fsp3) is 0.467. The number of hydrogen-bond donors (Lipinski definition) is 2. The summed E-state index contributed by atoms with van der Waals surface area (Å²) >= 11 is 2.10. The molecule has 1 aromatic rings. The molecule has 1 saturated heterocycles. The quantitative estimate of drug-likeness (QED) is 0.746. The molecule has 1 fully saturated rings. The van der Waals surface area contributed by atoms with E-state index in [0.29, 0.717) is 18.7 Å². The Balaban J connectivity index is 1.86. The molecule has 0 aliphatic carbocycles. The first-order valence-electron chi connectivity index (χ1n) is 7.03. The SMILES string of the molecule is O=C(NCC(=O)N1CCCC(CO)C1)c1ccccc1I. The molecular formula is C15H19IN2O3. The third kappa shape index (κ3) is 4.41. The van der Waals surface area contributed by atoms with Crippen LogP contribution in [0.25, 0.3) is 0 Å². The summed E-state index contributed by atoms with van der Waals surface area (Å²) in [4.78, 5) is 25.9. The highest BCUT2D eigenvalue weighted by molar-refractivity contribution is 14.1. The number of amides is 2. The number of aliphatic hydroxyl groups is 1. The number of nitrogens with zero attached hydrogens (tertiary/aromatic N) is 1. The van der Waals surface area contributed by atoms with Gasteiger partial charge in [0.05, 0.1) is 12.1 Å². The van der Waals surface area contributed by atoms with Gasteiger partial charge in [0, 0.05) is 23.3 Å². The molecule has 0 spiro atoms. The second-order valence-corrected chi connectivity index (χ2v) is 6.36. The molecule has 1 aliphatic rings. The standard InChI is InChI=1S/C15H19IN2O3/c16-13-6-2-1-5-12(13)15(21)17-8-14(20)18-7-3-4-11(9-18)10-19/h1-2,5-6,11,19H,3-4,7-10H2,(H,17,21). The van der Waals surface area contributed by atoms with Crippen LogP contribution in [0.15, 0.2) is 24.3 Å². The van der Waals surface area contributed by atoms with E-state index in [0.717, 1.165) is 16.4 Å². The number of carbonyl (C=O) groups is 2. The Kier molecular flexibility index (Phi) is 5.98. The van der Waals surface area contributed by atoms with Gasteiger partial charge in [-0.25, -0.2) is 0 Å². The zero-order valence-corrected chi connectivity index (χ0v) is 13.9. The Morgan fingerprint density at radius 3 is 2.86 bits per heavy atom. The minimum absolute atomic E-state index is 0.00194. The lowest BCUT2D eigenvalue weighted by atomic mass is 9.99. The van der Waals surface area contributed by atoms with Crippen molar-refractivity contribution < 1.29 is 14.7 Å². The summed E-state index contributed by atoms with van der Waals surface area (Å²) in [6, 6.07) is 7.26. The van der Waals surface area contributed by atoms with Gasteiger partial charge < -0.3 is 15.3 Å². The van der Waals surface area contributed by atoms with Gasteiger partial charge in [-0.05, 0) is 53.5 Å². The van der Waals surface area contributed by atoms with Crippen molar-refractivity contribution in [3.05, 3.63) is 33.4 Å². The molecule has 1 unspecified atom stereocenters. The van der Waals surface area contributed by atoms with Gasteiger partial charge in [0.15, 0.2) is 0 Å². The van der Waals surface area contributed by atoms with E-state index in [-0.39, 0.29) is 30.9 Å². The van der Waals surface area contributed by atoms with Crippen molar-refractivity contribution in [2.75, 3.05) is 26.2 Å². The van der Waals surface area contributed by atoms with E-state index in [1.165, 1.54) is 0 Å². The number of nitrogens with one attached hydrogen (secondary N) is 1. The molecule has 2 N–H and O–H groups in total. The second kappa shape index (κ2) is 7.74. The second-order valence-electron chi connectivity index (χ2n) is 5.19. The van der Waals surface area contributed by atoms with E-state index in [1.807, 2.05) is 12.1 Å². The number of hydrogen-bond acceptors (Lipinski definition) is 3. The van der Waals surface area contributed by atoms with Crippen molar-refractivity contribution in [3.63, 3.8) is 0 Å². The molecule has 1 atom stereocenters. The van der Waals surface area contributed by atoms with Crippen LogP contribution in [0.1, 0.15) is 23.2 Å². The monoisotopic (exact) mass is 402 g/mol. The molecule has 1 heterocycles. The van der Waals surface area contributed by atoms with Crippen LogP contribution < -0.4 is 5.32 Å². The zero-order chi connectivity index (χ0) is 15.2. The number of aliphatic hydroxyl groups excluding tert-OH is 1. The lowest BCUT2D eigenvalue weighted by Gasteiger charge is -2.31. The lowest BCUT2D eigenvalue weighted by molar-refractivity contribution is -0.132. The van der Waals surface area contributed by atoms with Gasteiger partial charge in [-0.2, -0.15) is 0 Å². The van der Waals surface area contributed by atoms with Crippen molar-refractivity contribution in [1.82, 2.24) is 10.2 Å². The Hall–Kier alpha value is -1.15. The van der Waals surface area contributed by atoms with E-state index >= 15 is 0 Å². The first-order chi connectivity index (χ1) is 10.1. The fourth-order valence-electron chi connectivity index (χ4n) is 2.45. The number of carbonyl (C=O) groups excluding carboxylic acids is 2. The molecule has 1 aromatic carbocycles. The molecule has 114 valence electrons. The van der Waals surface area contributed by atoms with Gasteiger partial charge in [0.1, 0.15) is 0 Å². The summed E-state index contributed by atoms with van der Waals surface area (Å²) < 4.78 is 0.860. The van der Waals surface area contributed by atoms with Gasteiger partial charge in [0.25, 0.3) is 5.91 Å². The molecule has 0 aromatic heterocycles. The van der Waals surface area contributed by atoms with Gasteiger partial charge in [-0.1, -0.05) is 12.1 Å². The molecule has 0 bridgehead atoms. The van der Waals surface area contributed by atoms with Crippen molar-refractivity contribution in [2.45, 2.75) is 12.8 Å². The van der Waals surface area contributed by atoms with Crippen LogP contribution in [0.2, 0.25) is 0 Å². The van der Waals surface area contributed by atoms with Crippen LogP contribution >= 0.6 is 22.6 Å². The Labute approximate surface area is 137 Å². The summed E-state index contributed by atoms with van der Waals surface area (Å²) in [5.41, 5.74) is 0.581. The number of halogens is 1. The predicted octanol–water partition coefficient (Wildman–Crippen LogP) is 1.25. The molecular weight excluding hydrogens is 383 g/mol. The van der Waals surface area contributed by atoms with E-state index in [9.17, 15) is 14.7 Å². The summed E-state index contributed by atoms with van der Waals surface area (Å²) in [7, 11) is 0. The van der Waals surface area contributed by atoms with Crippen LogP contribution in [0.5, 0.6) is 0 Å². The highest BCUT2D eigenvalue weighted by atomic mass is 127. The molecule has 2 rings (SSSR count).